The van der Waals surface area contributed by atoms with E-state index >= 15 is 0 Å². The molecule has 0 bridgehead atoms. The van der Waals surface area contributed by atoms with E-state index in [9.17, 15) is 14.7 Å². The number of nitrogens with zero attached hydrogens (tertiary/aromatic N) is 2. The first kappa shape index (κ1) is 23.6. The molecule has 3 aliphatic rings. The fraction of sp³-hybridized carbons (Fsp3) is 0.448. The molecule has 0 radical (unpaired) electrons. The van der Waals surface area contributed by atoms with E-state index in [4.69, 9.17) is 0 Å². The van der Waals surface area contributed by atoms with Crippen LogP contribution in [0, 0.1) is 0 Å². The number of aliphatic hydroxyl groups excluding tert-OH is 1. The number of likely N-dealkylation sites (tertiary alicyclic amines) is 1. The summed E-state index contributed by atoms with van der Waals surface area (Å²) in [6.45, 7) is 2.91. The van der Waals surface area contributed by atoms with Gasteiger partial charge >= 0.3 is 0 Å². The molecule has 35 heavy (non-hydrogen) atoms. The van der Waals surface area contributed by atoms with Crippen molar-refractivity contribution in [1.82, 2.24) is 15.1 Å². The lowest BCUT2D eigenvalue weighted by molar-refractivity contribution is -0.130. The lowest BCUT2D eigenvalue weighted by Gasteiger charge is -2.36. The Kier molecular flexibility index (Phi) is 7.19. The molecule has 2 heterocycles. The van der Waals surface area contributed by atoms with Crippen LogP contribution in [0.25, 0.3) is 0 Å². The Morgan fingerprint density at radius 3 is 2.17 bits per heavy atom. The van der Waals surface area contributed by atoms with Gasteiger partial charge in [-0.1, -0.05) is 60.7 Å². The number of benzene rings is 2. The third kappa shape index (κ3) is 5.43. The van der Waals surface area contributed by atoms with Crippen LogP contribution in [-0.4, -0.2) is 58.4 Å². The van der Waals surface area contributed by atoms with Gasteiger partial charge in [0.25, 0.3) is 11.8 Å². The third-order valence-electron chi connectivity index (χ3n) is 7.93. The Labute approximate surface area is 207 Å². The zero-order valence-corrected chi connectivity index (χ0v) is 20.2. The number of hydrogen-bond donors (Lipinski definition) is 2. The van der Waals surface area contributed by atoms with Crippen LogP contribution in [0.5, 0.6) is 0 Å². The first-order valence-corrected chi connectivity index (χ1v) is 12.9. The molecular formula is C29H35N3O3. The van der Waals surface area contributed by atoms with Crippen molar-refractivity contribution in [3.63, 3.8) is 0 Å². The highest BCUT2D eigenvalue weighted by Gasteiger charge is 2.39. The molecular weight excluding hydrogens is 438 g/mol. The fourth-order valence-electron chi connectivity index (χ4n) is 5.86. The molecule has 2 N–H and O–H groups in total. The van der Waals surface area contributed by atoms with E-state index in [1.807, 2.05) is 12.1 Å². The van der Waals surface area contributed by atoms with Crippen molar-refractivity contribution < 1.29 is 14.7 Å². The number of hydrogen-bond acceptors (Lipinski definition) is 4. The molecule has 0 unspecified atom stereocenters. The number of carbonyl (C=O) groups excluding carboxylic acids is 2. The van der Waals surface area contributed by atoms with E-state index in [1.54, 1.807) is 4.90 Å². The number of carbonyl (C=O) groups is 2. The minimum atomic E-state index is -0.399. The van der Waals surface area contributed by atoms with Crippen LogP contribution in [0.1, 0.15) is 55.6 Å². The first-order chi connectivity index (χ1) is 17.1. The van der Waals surface area contributed by atoms with Crippen molar-refractivity contribution in [1.29, 1.82) is 0 Å². The lowest BCUT2D eigenvalue weighted by Crippen LogP contribution is -2.46. The zero-order valence-electron chi connectivity index (χ0n) is 20.2. The molecule has 2 amide bonds. The van der Waals surface area contributed by atoms with Crippen LogP contribution >= 0.6 is 0 Å². The maximum absolute atomic E-state index is 13.0. The van der Waals surface area contributed by atoms with Crippen molar-refractivity contribution in [2.45, 2.75) is 63.1 Å². The smallest absolute Gasteiger partial charge is 0.289 e. The summed E-state index contributed by atoms with van der Waals surface area (Å²) in [4.78, 5) is 29.9. The monoisotopic (exact) mass is 473 g/mol. The van der Waals surface area contributed by atoms with Gasteiger partial charge in [0.15, 0.2) is 5.76 Å². The van der Waals surface area contributed by atoms with Crippen molar-refractivity contribution in [3.8, 4) is 0 Å². The summed E-state index contributed by atoms with van der Waals surface area (Å²) >= 11 is 0. The van der Waals surface area contributed by atoms with Gasteiger partial charge in [0.2, 0.25) is 0 Å². The summed E-state index contributed by atoms with van der Waals surface area (Å²) in [5.41, 5.74) is 2.88. The van der Waals surface area contributed by atoms with E-state index in [0.717, 1.165) is 58.2 Å². The molecule has 2 aromatic rings. The molecule has 0 spiro atoms. The fourth-order valence-corrected chi connectivity index (χ4v) is 5.86. The second-order valence-electron chi connectivity index (χ2n) is 10.2. The van der Waals surface area contributed by atoms with Crippen molar-refractivity contribution >= 4 is 11.8 Å². The predicted octanol–water partition coefficient (Wildman–Crippen LogP) is 4.15. The zero-order chi connectivity index (χ0) is 24.2. The van der Waals surface area contributed by atoms with Gasteiger partial charge in [-0.2, -0.15) is 0 Å². The van der Waals surface area contributed by atoms with Gasteiger partial charge in [0, 0.05) is 31.7 Å². The van der Waals surface area contributed by atoms with Crippen LogP contribution in [0.4, 0.5) is 0 Å². The molecule has 1 aliphatic carbocycles. The minimum Gasteiger partial charge on any atom is -0.503 e. The predicted molar refractivity (Wildman–Crippen MR) is 136 cm³/mol. The van der Waals surface area contributed by atoms with Gasteiger partial charge in [-0.25, -0.2) is 0 Å². The van der Waals surface area contributed by atoms with E-state index < -0.39 is 5.91 Å². The van der Waals surface area contributed by atoms with Crippen molar-refractivity contribution in [3.05, 3.63) is 83.1 Å². The van der Waals surface area contributed by atoms with Gasteiger partial charge in [-0.05, 0) is 55.6 Å². The highest BCUT2D eigenvalue weighted by molar-refractivity contribution is 6.07. The van der Waals surface area contributed by atoms with Gasteiger partial charge in [-0.15, -0.1) is 0 Å². The molecule has 184 valence electrons. The average Bonchev–Trinajstić information content (AvgIpc) is 3.20. The molecule has 1 saturated carbocycles. The highest BCUT2D eigenvalue weighted by atomic mass is 16.3. The molecule has 2 aromatic carbocycles. The highest BCUT2D eigenvalue weighted by Crippen LogP contribution is 2.33. The van der Waals surface area contributed by atoms with Crippen LogP contribution in [0.2, 0.25) is 0 Å². The van der Waals surface area contributed by atoms with Crippen LogP contribution < -0.4 is 5.32 Å². The molecule has 5 rings (SSSR count). The largest absolute Gasteiger partial charge is 0.503 e. The summed E-state index contributed by atoms with van der Waals surface area (Å²) in [6.07, 6.45) is 5.60. The molecule has 1 saturated heterocycles. The quantitative estimate of drug-likeness (QED) is 0.661. The van der Waals surface area contributed by atoms with Gasteiger partial charge < -0.3 is 15.3 Å². The first-order valence-electron chi connectivity index (χ1n) is 12.9. The van der Waals surface area contributed by atoms with Crippen molar-refractivity contribution in [2.75, 3.05) is 19.6 Å². The van der Waals surface area contributed by atoms with Gasteiger partial charge in [0.1, 0.15) is 0 Å². The van der Waals surface area contributed by atoms with Crippen LogP contribution in [0.15, 0.2) is 72.0 Å². The number of rotatable bonds is 6. The Hall–Kier alpha value is -3.12. The average molecular weight is 474 g/mol. The summed E-state index contributed by atoms with van der Waals surface area (Å²) in [6, 6.07) is 21.1. The maximum Gasteiger partial charge on any atom is 0.289 e. The Morgan fingerprint density at radius 2 is 1.51 bits per heavy atom. The molecule has 0 atom stereocenters. The molecule has 6 nitrogen and oxygen atoms in total. The lowest BCUT2D eigenvalue weighted by atomic mass is 9.82. The number of nitrogens with one attached hydrogen (secondary N) is 1. The second kappa shape index (κ2) is 10.6. The maximum atomic E-state index is 13.0. The van der Waals surface area contributed by atoms with E-state index in [0.29, 0.717) is 5.92 Å². The summed E-state index contributed by atoms with van der Waals surface area (Å²) in [5, 5.41) is 13.6. The summed E-state index contributed by atoms with van der Waals surface area (Å²) in [5.74, 6) is -0.520. The minimum absolute atomic E-state index is 0.0586. The van der Waals surface area contributed by atoms with E-state index in [1.165, 1.54) is 11.1 Å². The molecule has 2 fully saturated rings. The number of aliphatic hydroxyl groups is 1. The van der Waals surface area contributed by atoms with Crippen molar-refractivity contribution in [2.24, 2.45) is 0 Å². The number of amides is 2. The Balaban J connectivity index is 1.11. The Bertz CT molecular complexity index is 1050. The second-order valence-corrected chi connectivity index (χ2v) is 10.2. The third-order valence-corrected chi connectivity index (χ3v) is 7.93. The normalized spacial score (nSPS) is 24.1. The van der Waals surface area contributed by atoms with Gasteiger partial charge in [0.05, 0.1) is 12.1 Å². The summed E-state index contributed by atoms with van der Waals surface area (Å²) in [7, 11) is 0. The van der Waals surface area contributed by atoms with Gasteiger partial charge in [-0.3, -0.25) is 14.5 Å². The van der Waals surface area contributed by atoms with Crippen LogP contribution in [0.3, 0.4) is 0 Å². The standard InChI is InChI=1S/C29H35N3O3/c33-27-26(28(34)30-24-13-11-23(12-14-24)22-9-5-2-6-10-22)20-32(29(27)35)25-15-17-31(18-16-25)19-21-7-3-1-4-8-21/h1-10,23-25,33H,11-20H2,(H,30,34). The van der Waals surface area contributed by atoms with E-state index in [2.05, 4.69) is 58.7 Å². The molecule has 0 aromatic heterocycles. The SMILES string of the molecule is O=C(NC1CCC(c2ccccc2)CC1)C1=C(O)C(=O)N(C2CCN(Cc3ccccc3)CC2)C1. The van der Waals surface area contributed by atoms with E-state index in [-0.39, 0.29) is 35.9 Å². The number of piperidine rings is 1. The van der Waals surface area contributed by atoms with Crippen LogP contribution in [-0.2, 0) is 16.1 Å². The topological polar surface area (TPSA) is 72.9 Å². The molecule has 6 heteroatoms. The Morgan fingerprint density at radius 1 is 0.886 bits per heavy atom. The molecule has 2 aliphatic heterocycles. The summed E-state index contributed by atoms with van der Waals surface area (Å²) < 4.78 is 0.